The van der Waals surface area contributed by atoms with Crippen LogP contribution >= 0.6 is 15.9 Å². The molecule has 7 nitrogen and oxygen atoms in total. The Kier molecular flexibility index (Phi) is 4.09. The number of nitrogens with one attached hydrogen (secondary N) is 1. The van der Waals surface area contributed by atoms with E-state index in [-0.39, 0.29) is 36.0 Å². The summed E-state index contributed by atoms with van der Waals surface area (Å²) in [5.41, 5.74) is 0.864. The van der Waals surface area contributed by atoms with Crippen LogP contribution in [0.4, 0.5) is 5.69 Å². The molecule has 3 rings (SSSR count). The van der Waals surface area contributed by atoms with E-state index in [9.17, 15) is 19.7 Å². The van der Waals surface area contributed by atoms with Crippen molar-refractivity contribution in [1.29, 1.82) is 0 Å². The highest BCUT2D eigenvalue weighted by atomic mass is 79.9. The lowest BCUT2D eigenvalue weighted by molar-refractivity contribution is -0.385. The van der Waals surface area contributed by atoms with Gasteiger partial charge in [0.05, 0.1) is 10.5 Å². The fraction of sp³-hybridized carbons (Fsp3) is 0.467. The van der Waals surface area contributed by atoms with Crippen LogP contribution in [0, 0.1) is 17.0 Å². The minimum atomic E-state index is -0.511. The minimum absolute atomic E-state index is 0.0450. The molecule has 0 aliphatic carbocycles. The number of amides is 2. The molecule has 8 heteroatoms. The molecule has 2 saturated heterocycles. The summed E-state index contributed by atoms with van der Waals surface area (Å²) in [6.45, 7) is 2.19. The van der Waals surface area contributed by atoms with Gasteiger partial charge in [0, 0.05) is 41.7 Å². The van der Waals surface area contributed by atoms with Gasteiger partial charge in [0.2, 0.25) is 5.91 Å². The number of nitro benzene ring substituents is 1. The lowest BCUT2D eigenvalue weighted by Crippen LogP contribution is -2.42. The third-order valence-electron chi connectivity index (χ3n) is 4.58. The number of hydrogen-bond donors (Lipinski definition) is 1. The van der Waals surface area contributed by atoms with E-state index in [1.165, 1.54) is 12.1 Å². The van der Waals surface area contributed by atoms with Gasteiger partial charge >= 0.3 is 0 Å². The Morgan fingerprint density at radius 2 is 2.09 bits per heavy atom. The number of halogens is 1. The summed E-state index contributed by atoms with van der Waals surface area (Å²) in [6, 6.07) is 2.54. The highest BCUT2D eigenvalue weighted by Crippen LogP contribution is 2.33. The third-order valence-corrected chi connectivity index (χ3v) is 5.40. The first-order chi connectivity index (χ1) is 10.9. The first-order valence-corrected chi connectivity index (χ1v) is 8.21. The highest BCUT2D eigenvalue weighted by Gasteiger charge is 2.41. The lowest BCUT2D eigenvalue weighted by Gasteiger charge is -2.28. The monoisotopic (exact) mass is 381 g/mol. The van der Waals surface area contributed by atoms with Crippen molar-refractivity contribution in [3.8, 4) is 0 Å². The van der Waals surface area contributed by atoms with Gasteiger partial charge in [-0.3, -0.25) is 19.7 Å². The number of carbonyl (C=O) groups is 2. The number of fused-ring (bicyclic) bond motifs is 2. The average molecular weight is 382 g/mol. The Balaban J connectivity index is 2.00. The molecule has 2 aliphatic rings. The molecule has 1 N–H and O–H groups in total. The molecule has 2 bridgehead atoms. The van der Waals surface area contributed by atoms with Crippen molar-refractivity contribution in [1.82, 2.24) is 10.2 Å². The SMILES string of the molecule is Cc1c(Br)cc([N+](=O)[O-])cc1C(=O)N1C2CCC1CC(=O)NC2. The zero-order valence-electron chi connectivity index (χ0n) is 12.5. The molecule has 2 heterocycles. The normalized spacial score (nSPS) is 23.4. The van der Waals surface area contributed by atoms with E-state index in [2.05, 4.69) is 21.2 Å². The lowest BCUT2D eigenvalue weighted by atomic mass is 10.0. The van der Waals surface area contributed by atoms with E-state index < -0.39 is 4.92 Å². The number of non-ortho nitro benzene ring substituents is 1. The van der Waals surface area contributed by atoms with Gasteiger partial charge in [-0.15, -0.1) is 0 Å². The van der Waals surface area contributed by atoms with Gasteiger partial charge in [-0.05, 0) is 25.3 Å². The number of nitrogens with zero attached hydrogens (tertiary/aromatic N) is 2. The van der Waals surface area contributed by atoms with Crippen LogP contribution in [-0.4, -0.2) is 40.3 Å². The molecule has 0 aromatic heterocycles. The molecule has 2 unspecified atom stereocenters. The molecular formula is C15H16BrN3O4. The van der Waals surface area contributed by atoms with Gasteiger partial charge in [0.1, 0.15) is 0 Å². The van der Waals surface area contributed by atoms with Crippen LogP contribution in [0.25, 0.3) is 0 Å². The average Bonchev–Trinajstić information content (AvgIpc) is 2.80. The van der Waals surface area contributed by atoms with E-state index in [0.29, 0.717) is 22.1 Å². The zero-order valence-corrected chi connectivity index (χ0v) is 14.1. The maximum atomic E-state index is 13.0. The maximum absolute atomic E-state index is 13.0. The van der Waals surface area contributed by atoms with E-state index in [1.54, 1.807) is 11.8 Å². The van der Waals surface area contributed by atoms with Crippen molar-refractivity contribution in [2.75, 3.05) is 6.54 Å². The molecule has 2 aliphatic heterocycles. The summed E-state index contributed by atoms with van der Waals surface area (Å²) < 4.78 is 0.534. The molecule has 2 fully saturated rings. The van der Waals surface area contributed by atoms with Crippen LogP contribution < -0.4 is 5.32 Å². The molecule has 23 heavy (non-hydrogen) atoms. The molecule has 0 saturated carbocycles. The van der Waals surface area contributed by atoms with Gasteiger partial charge < -0.3 is 10.2 Å². The number of benzene rings is 1. The largest absolute Gasteiger partial charge is 0.354 e. The molecule has 2 atom stereocenters. The molecule has 1 aromatic rings. The topological polar surface area (TPSA) is 92.6 Å². The van der Waals surface area contributed by atoms with Crippen LogP contribution in [-0.2, 0) is 4.79 Å². The predicted octanol–water partition coefficient (Wildman–Crippen LogP) is 2.16. The molecular weight excluding hydrogens is 366 g/mol. The smallest absolute Gasteiger partial charge is 0.271 e. The van der Waals surface area contributed by atoms with E-state index in [1.807, 2.05) is 0 Å². The molecule has 122 valence electrons. The standard InChI is InChI=1S/C15H16BrN3O4/c1-8-12(4-11(19(22)23)5-13(8)16)15(21)18-9-2-3-10(18)7-17-14(20)6-9/h4-5,9-10H,2-3,6-7H2,1H3,(H,17,20). The Hall–Kier alpha value is -1.96. The Morgan fingerprint density at radius 1 is 1.39 bits per heavy atom. The Morgan fingerprint density at radius 3 is 2.78 bits per heavy atom. The van der Waals surface area contributed by atoms with Gasteiger partial charge in [0.15, 0.2) is 0 Å². The third kappa shape index (κ3) is 2.83. The summed E-state index contributed by atoms with van der Waals surface area (Å²) in [7, 11) is 0. The second-order valence-corrected chi connectivity index (χ2v) is 6.82. The molecule has 2 amide bonds. The summed E-state index contributed by atoms with van der Waals surface area (Å²) in [5, 5.41) is 13.9. The van der Waals surface area contributed by atoms with Crippen molar-refractivity contribution in [3.05, 3.63) is 37.8 Å². The second-order valence-electron chi connectivity index (χ2n) is 5.96. The summed E-state index contributed by atoms with van der Waals surface area (Å²) in [6.07, 6.45) is 1.92. The first-order valence-electron chi connectivity index (χ1n) is 7.42. The fourth-order valence-electron chi connectivity index (χ4n) is 3.34. The van der Waals surface area contributed by atoms with E-state index in [0.717, 1.165) is 12.8 Å². The van der Waals surface area contributed by atoms with Crippen molar-refractivity contribution < 1.29 is 14.5 Å². The fourth-order valence-corrected chi connectivity index (χ4v) is 3.79. The van der Waals surface area contributed by atoms with E-state index in [4.69, 9.17) is 0 Å². The van der Waals surface area contributed by atoms with Crippen molar-refractivity contribution in [3.63, 3.8) is 0 Å². The minimum Gasteiger partial charge on any atom is -0.354 e. The van der Waals surface area contributed by atoms with Crippen LogP contribution in [0.2, 0.25) is 0 Å². The van der Waals surface area contributed by atoms with Crippen LogP contribution in [0.1, 0.15) is 35.2 Å². The van der Waals surface area contributed by atoms with Crippen LogP contribution in [0.5, 0.6) is 0 Å². The van der Waals surface area contributed by atoms with Crippen LogP contribution in [0.3, 0.4) is 0 Å². The predicted molar refractivity (Wildman–Crippen MR) is 86.1 cm³/mol. The second kappa shape index (κ2) is 5.92. The summed E-state index contributed by atoms with van der Waals surface area (Å²) in [4.78, 5) is 37.0. The molecule has 1 aromatic carbocycles. The van der Waals surface area contributed by atoms with Crippen molar-refractivity contribution >= 4 is 33.4 Å². The van der Waals surface area contributed by atoms with Gasteiger partial charge in [-0.1, -0.05) is 15.9 Å². The maximum Gasteiger partial charge on any atom is 0.271 e. The number of nitro groups is 1. The van der Waals surface area contributed by atoms with Gasteiger partial charge in [-0.2, -0.15) is 0 Å². The van der Waals surface area contributed by atoms with E-state index >= 15 is 0 Å². The van der Waals surface area contributed by atoms with Gasteiger partial charge in [-0.25, -0.2) is 0 Å². The zero-order chi connectivity index (χ0) is 16.7. The molecule has 0 radical (unpaired) electrons. The Bertz CT molecular complexity index is 706. The number of hydrogen-bond acceptors (Lipinski definition) is 4. The van der Waals surface area contributed by atoms with Crippen LogP contribution in [0.15, 0.2) is 16.6 Å². The quantitative estimate of drug-likeness (QED) is 0.627. The summed E-state index contributed by atoms with van der Waals surface area (Å²) in [5.74, 6) is -0.289. The van der Waals surface area contributed by atoms with Gasteiger partial charge in [0.25, 0.3) is 11.6 Å². The number of rotatable bonds is 2. The van der Waals surface area contributed by atoms with Crippen molar-refractivity contribution in [2.24, 2.45) is 0 Å². The highest BCUT2D eigenvalue weighted by molar-refractivity contribution is 9.10. The first kappa shape index (κ1) is 15.9. The summed E-state index contributed by atoms with van der Waals surface area (Å²) >= 11 is 3.29. The number of carbonyl (C=O) groups excluding carboxylic acids is 2. The Labute approximate surface area is 141 Å². The van der Waals surface area contributed by atoms with Crippen molar-refractivity contribution in [2.45, 2.75) is 38.3 Å². The molecule has 0 spiro atoms.